The molecular formula is C24H32Cl2O. The zero-order valence-corrected chi connectivity index (χ0v) is 18.3. The van der Waals surface area contributed by atoms with Gasteiger partial charge in [-0.2, -0.15) is 0 Å². The van der Waals surface area contributed by atoms with Crippen molar-refractivity contribution in [3.05, 3.63) is 53.6 Å². The van der Waals surface area contributed by atoms with Gasteiger partial charge in [0.15, 0.2) is 0 Å². The fourth-order valence-corrected chi connectivity index (χ4v) is 3.90. The van der Waals surface area contributed by atoms with Crippen molar-refractivity contribution in [3.8, 4) is 16.9 Å². The molecule has 0 aliphatic carbocycles. The Morgan fingerprint density at radius 1 is 0.889 bits per heavy atom. The number of hydrogen-bond acceptors (Lipinski definition) is 1. The van der Waals surface area contributed by atoms with Crippen LogP contribution in [0.15, 0.2) is 42.5 Å². The van der Waals surface area contributed by atoms with E-state index in [0.717, 1.165) is 46.9 Å². The van der Waals surface area contributed by atoms with Crippen LogP contribution in [-0.2, 0) is 11.8 Å². The highest BCUT2D eigenvalue weighted by molar-refractivity contribution is 6.19. The van der Waals surface area contributed by atoms with Crippen LogP contribution in [0.4, 0.5) is 0 Å². The first kappa shape index (κ1) is 22.1. The Kier molecular flexibility index (Phi) is 9.51. The predicted octanol–water partition coefficient (Wildman–Crippen LogP) is 8.06. The average Bonchev–Trinajstić information content (AvgIpc) is 2.67. The normalized spacial score (nSPS) is 12.4. The lowest BCUT2D eigenvalue weighted by Crippen LogP contribution is -2.05. The standard InChI is InChI=1S/C24H32Cl2O/c1-18(2)7-4-8-19(3)13-14-27-22-11-5-9-20(15-22)23-12-6-10-21(16-25)24(23)17-26/h5-6,9-12,15,18-19H,4,7-8,13-14,16-17H2,1-3H3. The van der Waals surface area contributed by atoms with Crippen LogP contribution in [-0.4, -0.2) is 6.61 Å². The van der Waals surface area contributed by atoms with Crippen molar-refractivity contribution in [1.82, 2.24) is 0 Å². The summed E-state index contributed by atoms with van der Waals surface area (Å²) in [6, 6.07) is 14.5. The highest BCUT2D eigenvalue weighted by Gasteiger charge is 2.10. The molecule has 1 nitrogen and oxygen atoms in total. The maximum Gasteiger partial charge on any atom is 0.119 e. The number of halogens is 2. The lowest BCUT2D eigenvalue weighted by Gasteiger charge is -2.15. The smallest absolute Gasteiger partial charge is 0.119 e. The fourth-order valence-electron chi connectivity index (χ4n) is 3.34. The van der Waals surface area contributed by atoms with Crippen molar-refractivity contribution in [3.63, 3.8) is 0 Å². The van der Waals surface area contributed by atoms with Gasteiger partial charge in [0.05, 0.1) is 6.61 Å². The molecule has 0 N–H and O–H groups in total. The number of ether oxygens (including phenoxy) is 1. The van der Waals surface area contributed by atoms with E-state index in [4.69, 9.17) is 27.9 Å². The molecule has 27 heavy (non-hydrogen) atoms. The van der Waals surface area contributed by atoms with Crippen LogP contribution in [0, 0.1) is 11.8 Å². The average molecular weight is 407 g/mol. The number of alkyl halides is 2. The minimum atomic E-state index is 0.456. The van der Waals surface area contributed by atoms with Gasteiger partial charge in [0.25, 0.3) is 0 Å². The topological polar surface area (TPSA) is 9.23 Å². The van der Waals surface area contributed by atoms with E-state index in [1.807, 2.05) is 24.3 Å². The maximum absolute atomic E-state index is 6.20. The minimum absolute atomic E-state index is 0.456. The summed E-state index contributed by atoms with van der Waals surface area (Å²) >= 11 is 12.3. The largest absolute Gasteiger partial charge is 0.494 e. The van der Waals surface area contributed by atoms with Crippen LogP contribution in [0.5, 0.6) is 5.75 Å². The molecule has 0 amide bonds. The molecule has 0 fully saturated rings. The molecule has 2 aromatic rings. The Balaban J connectivity index is 1.96. The molecule has 0 aliphatic rings. The minimum Gasteiger partial charge on any atom is -0.494 e. The maximum atomic E-state index is 6.20. The summed E-state index contributed by atoms with van der Waals surface area (Å²) in [5.41, 5.74) is 4.45. The lowest BCUT2D eigenvalue weighted by molar-refractivity contribution is 0.276. The molecule has 0 saturated carbocycles. The monoisotopic (exact) mass is 406 g/mol. The van der Waals surface area contributed by atoms with Gasteiger partial charge in [-0.3, -0.25) is 0 Å². The Morgan fingerprint density at radius 3 is 2.37 bits per heavy atom. The van der Waals surface area contributed by atoms with E-state index >= 15 is 0 Å². The summed E-state index contributed by atoms with van der Waals surface area (Å²) in [6.07, 6.45) is 5.01. The molecule has 0 saturated heterocycles. The van der Waals surface area contributed by atoms with E-state index in [0.29, 0.717) is 17.7 Å². The zero-order valence-electron chi connectivity index (χ0n) is 16.8. The van der Waals surface area contributed by atoms with E-state index in [1.165, 1.54) is 19.3 Å². The quantitative estimate of drug-likeness (QED) is 0.342. The first-order valence-electron chi connectivity index (χ1n) is 10.0. The second-order valence-corrected chi connectivity index (χ2v) is 8.34. The van der Waals surface area contributed by atoms with Crippen molar-refractivity contribution in [1.29, 1.82) is 0 Å². The summed E-state index contributed by atoms with van der Waals surface area (Å²) in [5.74, 6) is 3.35. The Morgan fingerprint density at radius 2 is 1.67 bits per heavy atom. The molecule has 1 unspecified atom stereocenters. The summed E-state index contributed by atoms with van der Waals surface area (Å²) < 4.78 is 6.04. The Bertz CT molecular complexity index is 697. The molecular weight excluding hydrogens is 375 g/mol. The molecule has 1 atom stereocenters. The number of hydrogen-bond donors (Lipinski definition) is 0. The van der Waals surface area contributed by atoms with Gasteiger partial charge in [-0.05, 0) is 52.6 Å². The first-order valence-corrected chi connectivity index (χ1v) is 11.1. The molecule has 0 bridgehead atoms. The fraction of sp³-hybridized carbons (Fsp3) is 0.500. The Labute approximate surface area is 175 Å². The molecule has 148 valence electrons. The molecule has 2 aromatic carbocycles. The summed E-state index contributed by atoms with van der Waals surface area (Å²) in [4.78, 5) is 0. The highest BCUT2D eigenvalue weighted by atomic mass is 35.5. The third-order valence-corrected chi connectivity index (χ3v) is 5.61. The molecule has 3 heteroatoms. The lowest BCUT2D eigenvalue weighted by atomic mass is 9.97. The third-order valence-electron chi connectivity index (χ3n) is 5.05. The van der Waals surface area contributed by atoms with Gasteiger partial charge in [0.1, 0.15) is 5.75 Å². The summed E-state index contributed by atoms with van der Waals surface area (Å²) in [6.45, 7) is 7.67. The van der Waals surface area contributed by atoms with Crippen LogP contribution in [0.1, 0.15) is 57.6 Å². The molecule has 0 aliphatic heterocycles. The molecule has 2 rings (SSSR count). The highest BCUT2D eigenvalue weighted by Crippen LogP contribution is 2.31. The summed E-state index contributed by atoms with van der Waals surface area (Å²) in [7, 11) is 0. The van der Waals surface area contributed by atoms with Gasteiger partial charge in [0.2, 0.25) is 0 Å². The first-order chi connectivity index (χ1) is 13.0. The number of benzene rings is 2. The Hall–Kier alpha value is -1.18. The van der Waals surface area contributed by atoms with Crippen LogP contribution in [0.2, 0.25) is 0 Å². The van der Waals surface area contributed by atoms with Crippen molar-refractivity contribution >= 4 is 23.2 Å². The van der Waals surface area contributed by atoms with E-state index in [2.05, 4.69) is 39.0 Å². The predicted molar refractivity (Wildman–Crippen MR) is 119 cm³/mol. The van der Waals surface area contributed by atoms with Gasteiger partial charge in [-0.25, -0.2) is 0 Å². The van der Waals surface area contributed by atoms with Crippen molar-refractivity contribution in [2.45, 2.75) is 58.2 Å². The van der Waals surface area contributed by atoms with Crippen LogP contribution >= 0.6 is 23.2 Å². The second-order valence-electron chi connectivity index (χ2n) is 7.81. The third kappa shape index (κ3) is 7.05. The van der Waals surface area contributed by atoms with E-state index in [9.17, 15) is 0 Å². The van der Waals surface area contributed by atoms with Crippen molar-refractivity contribution < 1.29 is 4.74 Å². The molecule has 0 radical (unpaired) electrons. The molecule has 0 heterocycles. The SMILES string of the molecule is CC(C)CCCC(C)CCOc1cccc(-c2cccc(CCl)c2CCl)c1. The molecule has 0 aromatic heterocycles. The summed E-state index contributed by atoms with van der Waals surface area (Å²) in [5, 5.41) is 0. The number of rotatable bonds is 11. The van der Waals surface area contributed by atoms with Crippen LogP contribution in [0.25, 0.3) is 11.1 Å². The van der Waals surface area contributed by atoms with E-state index < -0.39 is 0 Å². The zero-order chi connectivity index (χ0) is 19.6. The van der Waals surface area contributed by atoms with Crippen molar-refractivity contribution in [2.24, 2.45) is 11.8 Å². The van der Waals surface area contributed by atoms with Crippen LogP contribution in [0.3, 0.4) is 0 Å². The van der Waals surface area contributed by atoms with Gasteiger partial charge in [-0.15, -0.1) is 23.2 Å². The van der Waals surface area contributed by atoms with E-state index in [1.54, 1.807) is 0 Å². The van der Waals surface area contributed by atoms with E-state index in [-0.39, 0.29) is 0 Å². The second kappa shape index (κ2) is 11.6. The van der Waals surface area contributed by atoms with Gasteiger partial charge < -0.3 is 4.74 Å². The van der Waals surface area contributed by atoms with Crippen molar-refractivity contribution in [2.75, 3.05) is 6.61 Å². The van der Waals surface area contributed by atoms with Crippen LogP contribution < -0.4 is 4.74 Å². The molecule has 0 spiro atoms. The van der Waals surface area contributed by atoms with Gasteiger partial charge in [0, 0.05) is 11.8 Å². The van der Waals surface area contributed by atoms with Gasteiger partial charge >= 0.3 is 0 Å². The van der Waals surface area contributed by atoms with Gasteiger partial charge in [-0.1, -0.05) is 70.4 Å².